The molecule has 4 aromatic rings. The molecule has 2 N–H and O–H groups in total. The third-order valence-electron chi connectivity index (χ3n) is 9.38. The third kappa shape index (κ3) is 6.84. The number of piperidine rings is 2. The Balaban J connectivity index is 1.32. The molecule has 2 heterocycles. The number of rotatable bonds is 5. The minimum atomic E-state index is -0.301. The smallest absolute Gasteiger partial charge is 0.339 e. The molecule has 0 bridgehead atoms. The largest absolute Gasteiger partial charge is 0.459 e. The summed E-state index contributed by atoms with van der Waals surface area (Å²) in [5.74, 6) is -0.601. The lowest BCUT2D eigenvalue weighted by atomic mass is 9.81. The van der Waals surface area contributed by atoms with Crippen LogP contribution in [0.5, 0.6) is 0 Å². The lowest BCUT2D eigenvalue weighted by Crippen LogP contribution is -2.59. The Bertz CT molecular complexity index is 1780. The summed E-state index contributed by atoms with van der Waals surface area (Å²) >= 11 is 0. The first-order chi connectivity index (χ1) is 21.5. The molecule has 6 rings (SSSR count). The molecule has 0 radical (unpaired) electrons. The molecule has 2 fully saturated rings. The predicted molar refractivity (Wildman–Crippen MR) is 186 cm³/mol. The van der Waals surface area contributed by atoms with Crippen molar-refractivity contribution >= 4 is 33.5 Å². The Morgan fingerprint density at radius 3 is 1.63 bits per heavy atom. The molecule has 6 heteroatoms. The van der Waals surface area contributed by atoms with Gasteiger partial charge in [-0.2, -0.15) is 0 Å². The fourth-order valence-corrected chi connectivity index (χ4v) is 8.44. The fourth-order valence-electron chi connectivity index (χ4n) is 8.44. The molecule has 4 aromatic carbocycles. The first kappa shape index (κ1) is 32.2. The highest BCUT2D eigenvalue weighted by Crippen LogP contribution is 2.38. The molecular weight excluding hydrogens is 572 g/mol. The van der Waals surface area contributed by atoms with Gasteiger partial charge in [-0.3, -0.25) is 0 Å². The van der Waals surface area contributed by atoms with Gasteiger partial charge in [-0.15, -0.1) is 0 Å². The van der Waals surface area contributed by atoms with E-state index in [9.17, 15) is 9.59 Å². The van der Waals surface area contributed by atoms with E-state index in [0.29, 0.717) is 11.1 Å². The van der Waals surface area contributed by atoms with Gasteiger partial charge in [0.2, 0.25) is 0 Å². The van der Waals surface area contributed by atoms with Gasteiger partial charge in [-0.25, -0.2) is 9.59 Å². The van der Waals surface area contributed by atoms with Crippen LogP contribution in [0, 0.1) is 0 Å². The van der Waals surface area contributed by atoms with Gasteiger partial charge in [0.05, 0.1) is 11.1 Å². The monoisotopic (exact) mass is 620 g/mol. The van der Waals surface area contributed by atoms with Crippen LogP contribution < -0.4 is 10.6 Å². The summed E-state index contributed by atoms with van der Waals surface area (Å²) < 4.78 is 12.3. The first-order valence-corrected chi connectivity index (χ1v) is 16.6. The number of esters is 2. The van der Waals surface area contributed by atoms with Crippen molar-refractivity contribution in [2.45, 2.75) is 115 Å². The van der Waals surface area contributed by atoms with Gasteiger partial charge in [0.25, 0.3) is 0 Å². The molecule has 0 aliphatic carbocycles. The predicted octanol–water partition coefficient (Wildman–Crippen LogP) is 8.59. The van der Waals surface area contributed by atoms with Gasteiger partial charge in [0, 0.05) is 53.2 Å². The van der Waals surface area contributed by atoms with Crippen molar-refractivity contribution in [3.05, 3.63) is 83.9 Å². The van der Waals surface area contributed by atoms with E-state index in [-0.39, 0.29) is 46.3 Å². The third-order valence-corrected chi connectivity index (χ3v) is 9.38. The van der Waals surface area contributed by atoms with E-state index >= 15 is 0 Å². The summed E-state index contributed by atoms with van der Waals surface area (Å²) in [5, 5.41) is 11.1. The summed E-state index contributed by atoms with van der Waals surface area (Å²) in [6.07, 6.45) is 2.69. The highest BCUT2D eigenvalue weighted by atomic mass is 16.5. The SMILES string of the molecule is CC1(C)CC(OC(=O)c2ccc3c(-c4cccc5cccc(C(=O)OC6CC(C)(C)NC(C)(C)C6)c45)cccc3c2)CC(C)(C)N1. The van der Waals surface area contributed by atoms with Crippen molar-refractivity contribution in [2.24, 2.45) is 0 Å². The van der Waals surface area contributed by atoms with E-state index in [1.165, 1.54) is 0 Å². The first-order valence-electron chi connectivity index (χ1n) is 16.6. The number of carbonyl (C=O) groups is 2. The van der Waals surface area contributed by atoms with Crippen molar-refractivity contribution < 1.29 is 19.1 Å². The quantitative estimate of drug-likeness (QED) is 0.218. The zero-order chi connectivity index (χ0) is 33.1. The van der Waals surface area contributed by atoms with Crippen LogP contribution >= 0.6 is 0 Å². The number of fused-ring (bicyclic) bond motifs is 2. The Morgan fingerprint density at radius 2 is 1.07 bits per heavy atom. The zero-order valence-electron chi connectivity index (χ0n) is 28.5. The number of ether oxygens (including phenoxy) is 2. The second-order valence-electron chi connectivity index (χ2n) is 16.1. The zero-order valence-corrected chi connectivity index (χ0v) is 28.5. The Morgan fingerprint density at radius 1 is 0.587 bits per heavy atom. The van der Waals surface area contributed by atoms with Gasteiger partial charge in [0.1, 0.15) is 12.2 Å². The average Bonchev–Trinajstić information content (AvgIpc) is 2.92. The number of hydrogen-bond donors (Lipinski definition) is 2. The molecule has 2 aliphatic rings. The second-order valence-corrected chi connectivity index (χ2v) is 16.1. The molecule has 0 amide bonds. The van der Waals surface area contributed by atoms with E-state index in [1.807, 2.05) is 60.7 Å². The summed E-state index contributed by atoms with van der Waals surface area (Å²) in [6.45, 7) is 17.2. The van der Waals surface area contributed by atoms with Gasteiger partial charge in [0.15, 0.2) is 0 Å². The van der Waals surface area contributed by atoms with Crippen LogP contribution in [0.25, 0.3) is 32.7 Å². The van der Waals surface area contributed by atoms with Gasteiger partial charge < -0.3 is 20.1 Å². The van der Waals surface area contributed by atoms with Crippen molar-refractivity contribution in [3.8, 4) is 11.1 Å². The molecule has 2 aliphatic heterocycles. The molecule has 0 atom stereocenters. The molecule has 0 saturated carbocycles. The Hall–Kier alpha value is -3.74. The molecular formula is C40H48N2O4. The van der Waals surface area contributed by atoms with Gasteiger partial charge >= 0.3 is 11.9 Å². The topological polar surface area (TPSA) is 76.7 Å². The number of carbonyl (C=O) groups excluding carboxylic acids is 2. The normalized spacial score (nSPS) is 20.8. The number of nitrogens with one attached hydrogen (secondary N) is 2. The summed E-state index contributed by atoms with van der Waals surface area (Å²) in [6, 6.07) is 23.8. The van der Waals surface area contributed by atoms with Crippen molar-refractivity contribution in [1.82, 2.24) is 10.6 Å². The lowest BCUT2D eigenvalue weighted by molar-refractivity contribution is -0.00756. The fraction of sp³-hybridized carbons (Fsp3) is 0.450. The Labute approximate surface area is 273 Å². The standard InChI is InChI=1S/C40H48N2O4/c1-37(2)21-28(22-38(3,4)41-37)45-35(43)27-18-19-30-26(20-27)14-11-15-31(30)32-16-9-12-25-13-10-17-33(34(25)32)36(44)46-29-23-39(5,6)42-40(7,8)24-29/h9-20,28-29,41-42H,21-24H2,1-8H3. The summed E-state index contributed by atoms with van der Waals surface area (Å²) in [5.41, 5.74) is 2.55. The highest BCUT2D eigenvalue weighted by molar-refractivity contribution is 6.14. The molecule has 2 saturated heterocycles. The maximum absolute atomic E-state index is 13.9. The molecule has 0 unspecified atom stereocenters. The van der Waals surface area contributed by atoms with Crippen LogP contribution in [0.15, 0.2) is 72.8 Å². The highest BCUT2D eigenvalue weighted by Gasteiger charge is 2.40. The van der Waals surface area contributed by atoms with Crippen LogP contribution in [0.4, 0.5) is 0 Å². The minimum absolute atomic E-state index is 0.116. The van der Waals surface area contributed by atoms with Gasteiger partial charge in [-0.05, 0) is 101 Å². The average molecular weight is 621 g/mol. The van der Waals surface area contributed by atoms with Gasteiger partial charge in [-0.1, -0.05) is 54.6 Å². The van der Waals surface area contributed by atoms with Crippen molar-refractivity contribution in [2.75, 3.05) is 0 Å². The van der Waals surface area contributed by atoms with Crippen LogP contribution in [0.3, 0.4) is 0 Å². The number of benzene rings is 4. The van der Waals surface area contributed by atoms with Crippen LogP contribution in [-0.2, 0) is 9.47 Å². The van der Waals surface area contributed by atoms with Crippen LogP contribution in [0.1, 0.15) is 102 Å². The van der Waals surface area contributed by atoms with E-state index in [2.05, 4.69) is 78.2 Å². The molecule has 242 valence electrons. The van der Waals surface area contributed by atoms with E-state index in [4.69, 9.17) is 9.47 Å². The summed E-state index contributed by atoms with van der Waals surface area (Å²) in [4.78, 5) is 27.2. The maximum Gasteiger partial charge on any atom is 0.339 e. The molecule has 0 spiro atoms. The van der Waals surface area contributed by atoms with E-state index in [1.54, 1.807) is 0 Å². The van der Waals surface area contributed by atoms with Crippen LogP contribution in [0.2, 0.25) is 0 Å². The Kier molecular flexibility index (Phi) is 8.05. The van der Waals surface area contributed by atoms with E-state index < -0.39 is 0 Å². The van der Waals surface area contributed by atoms with Crippen molar-refractivity contribution in [3.63, 3.8) is 0 Å². The molecule has 6 nitrogen and oxygen atoms in total. The lowest BCUT2D eigenvalue weighted by Gasteiger charge is -2.46. The minimum Gasteiger partial charge on any atom is -0.459 e. The van der Waals surface area contributed by atoms with Crippen molar-refractivity contribution in [1.29, 1.82) is 0 Å². The molecule has 0 aromatic heterocycles. The van der Waals surface area contributed by atoms with Crippen LogP contribution in [-0.4, -0.2) is 46.3 Å². The second kappa shape index (κ2) is 11.5. The maximum atomic E-state index is 13.9. The summed E-state index contributed by atoms with van der Waals surface area (Å²) in [7, 11) is 0. The molecule has 46 heavy (non-hydrogen) atoms. The van der Waals surface area contributed by atoms with E-state index in [0.717, 1.165) is 58.4 Å². The number of hydrogen-bond acceptors (Lipinski definition) is 6.